The maximum atomic E-state index is 12.6. The molecule has 6 nitrogen and oxygen atoms in total. The molecule has 0 aromatic heterocycles. The van der Waals surface area contributed by atoms with Gasteiger partial charge in [0.05, 0.1) is 19.3 Å². The molecule has 1 heterocycles. The number of hydrogen-bond acceptors (Lipinski definition) is 4. The van der Waals surface area contributed by atoms with Gasteiger partial charge in [0, 0.05) is 30.8 Å². The molecule has 2 amide bonds. The summed E-state index contributed by atoms with van der Waals surface area (Å²) in [6.45, 7) is 2.32. The van der Waals surface area contributed by atoms with E-state index >= 15 is 0 Å². The molecule has 6 heteroatoms. The molecule has 0 atom stereocenters. The highest BCUT2D eigenvalue weighted by Crippen LogP contribution is 2.25. The molecule has 0 spiro atoms. The maximum absolute atomic E-state index is 12.6. The first-order valence-electron chi connectivity index (χ1n) is 11.2. The summed E-state index contributed by atoms with van der Waals surface area (Å²) in [6.07, 6.45) is 6.06. The van der Waals surface area contributed by atoms with Gasteiger partial charge in [-0.2, -0.15) is 0 Å². The molecule has 31 heavy (non-hydrogen) atoms. The van der Waals surface area contributed by atoms with Crippen LogP contribution in [-0.2, 0) is 16.0 Å². The molecule has 2 aliphatic rings. The highest BCUT2D eigenvalue weighted by molar-refractivity contribution is 5.97. The lowest BCUT2D eigenvalue weighted by Gasteiger charge is -2.27. The van der Waals surface area contributed by atoms with Gasteiger partial charge in [0.25, 0.3) is 5.91 Å². The van der Waals surface area contributed by atoms with Crippen LogP contribution >= 0.6 is 0 Å². The van der Waals surface area contributed by atoms with Gasteiger partial charge in [0.2, 0.25) is 5.91 Å². The van der Waals surface area contributed by atoms with Crippen LogP contribution in [0.4, 0.5) is 5.69 Å². The van der Waals surface area contributed by atoms with Crippen molar-refractivity contribution < 1.29 is 19.1 Å². The summed E-state index contributed by atoms with van der Waals surface area (Å²) >= 11 is 0. The number of ether oxygens (including phenoxy) is 2. The van der Waals surface area contributed by atoms with Gasteiger partial charge in [-0.3, -0.25) is 9.59 Å². The van der Waals surface area contributed by atoms with E-state index in [-0.39, 0.29) is 11.8 Å². The SMILES string of the molecule is O=C(CCc1cccc(OC2CCCC2)c1)Nc1cccc(C(=O)N2CCOCC2)c1. The molecule has 2 aromatic carbocycles. The summed E-state index contributed by atoms with van der Waals surface area (Å²) in [4.78, 5) is 26.9. The molecule has 1 N–H and O–H groups in total. The van der Waals surface area contributed by atoms with Gasteiger partial charge in [-0.25, -0.2) is 0 Å². The number of nitrogens with zero attached hydrogens (tertiary/aromatic N) is 1. The highest BCUT2D eigenvalue weighted by Gasteiger charge is 2.19. The van der Waals surface area contributed by atoms with Crippen LogP contribution in [0.2, 0.25) is 0 Å². The lowest BCUT2D eigenvalue weighted by Crippen LogP contribution is -2.40. The van der Waals surface area contributed by atoms with Gasteiger partial charge in [-0.05, 0) is 68.0 Å². The molecule has 164 valence electrons. The monoisotopic (exact) mass is 422 g/mol. The molecule has 0 bridgehead atoms. The molecule has 1 aliphatic heterocycles. The van der Waals surface area contributed by atoms with Gasteiger partial charge < -0.3 is 19.7 Å². The Balaban J connectivity index is 1.29. The summed E-state index contributed by atoms with van der Waals surface area (Å²) in [5.41, 5.74) is 2.31. The zero-order chi connectivity index (χ0) is 21.5. The van der Waals surface area contributed by atoms with Crippen molar-refractivity contribution >= 4 is 17.5 Å². The Morgan fingerprint density at radius 1 is 1.03 bits per heavy atom. The summed E-state index contributed by atoms with van der Waals surface area (Å²) in [5, 5.41) is 2.92. The molecule has 1 saturated carbocycles. The number of benzene rings is 2. The molecule has 4 rings (SSSR count). The Labute approximate surface area is 183 Å². The smallest absolute Gasteiger partial charge is 0.254 e. The van der Waals surface area contributed by atoms with Crippen LogP contribution in [0.25, 0.3) is 0 Å². The van der Waals surface area contributed by atoms with Crippen LogP contribution < -0.4 is 10.1 Å². The predicted octanol–water partition coefficient (Wildman–Crippen LogP) is 4.05. The topological polar surface area (TPSA) is 67.9 Å². The Hall–Kier alpha value is -2.86. The first-order chi connectivity index (χ1) is 15.2. The first-order valence-corrected chi connectivity index (χ1v) is 11.2. The Bertz CT molecular complexity index is 902. The third-order valence-corrected chi connectivity index (χ3v) is 5.84. The quantitative estimate of drug-likeness (QED) is 0.731. The number of carbonyl (C=O) groups is 2. The van der Waals surface area contributed by atoms with Gasteiger partial charge in [0.15, 0.2) is 0 Å². The molecule has 1 saturated heterocycles. The highest BCUT2D eigenvalue weighted by atomic mass is 16.5. The zero-order valence-corrected chi connectivity index (χ0v) is 17.8. The van der Waals surface area contributed by atoms with Crippen LogP contribution in [0.3, 0.4) is 0 Å². The average Bonchev–Trinajstić information content (AvgIpc) is 3.31. The number of carbonyl (C=O) groups excluding carboxylic acids is 2. The summed E-state index contributed by atoms with van der Waals surface area (Å²) in [6, 6.07) is 15.2. The largest absolute Gasteiger partial charge is 0.490 e. The third-order valence-electron chi connectivity index (χ3n) is 5.84. The van der Waals surface area contributed by atoms with E-state index in [1.54, 1.807) is 23.1 Å². The van der Waals surface area contributed by atoms with Crippen LogP contribution in [0.15, 0.2) is 48.5 Å². The molecular formula is C25H30N2O4. The number of hydrogen-bond donors (Lipinski definition) is 1. The number of morpholine rings is 1. The van der Waals surface area contributed by atoms with Crippen molar-refractivity contribution in [2.24, 2.45) is 0 Å². The second kappa shape index (κ2) is 10.4. The summed E-state index contributed by atoms with van der Waals surface area (Å²) in [7, 11) is 0. The van der Waals surface area contributed by atoms with E-state index in [0.717, 1.165) is 24.2 Å². The van der Waals surface area contributed by atoms with Crippen LogP contribution in [0, 0.1) is 0 Å². The fourth-order valence-electron chi connectivity index (χ4n) is 4.13. The lowest BCUT2D eigenvalue weighted by atomic mass is 10.1. The van der Waals surface area contributed by atoms with E-state index in [4.69, 9.17) is 9.47 Å². The summed E-state index contributed by atoms with van der Waals surface area (Å²) in [5.74, 6) is 0.788. The van der Waals surface area contributed by atoms with Crippen molar-refractivity contribution in [3.8, 4) is 5.75 Å². The second-order valence-electron chi connectivity index (χ2n) is 8.21. The Morgan fingerprint density at radius 2 is 1.81 bits per heavy atom. The van der Waals surface area contributed by atoms with E-state index in [2.05, 4.69) is 5.32 Å². The minimum absolute atomic E-state index is 0.0292. The predicted molar refractivity (Wildman–Crippen MR) is 119 cm³/mol. The fourth-order valence-corrected chi connectivity index (χ4v) is 4.13. The maximum Gasteiger partial charge on any atom is 0.254 e. The molecule has 1 aliphatic carbocycles. The molecule has 2 fully saturated rings. The van der Waals surface area contributed by atoms with E-state index in [9.17, 15) is 9.59 Å². The first kappa shape index (κ1) is 21.4. The average molecular weight is 423 g/mol. The van der Waals surface area contributed by atoms with Crippen LogP contribution in [0.1, 0.15) is 48.0 Å². The fraction of sp³-hybridized carbons (Fsp3) is 0.440. The van der Waals surface area contributed by atoms with Crippen molar-refractivity contribution in [1.82, 2.24) is 4.90 Å². The van der Waals surface area contributed by atoms with Crippen LogP contribution in [0.5, 0.6) is 5.75 Å². The van der Waals surface area contributed by atoms with Gasteiger partial charge >= 0.3 is 0 Å². The van der Waals surface area contributed by atoms with Crippen molar-refractivity contribution in [3.05, 3.63) is 59.7 Å². The number of rotatable bonds is 7. The molecule has 0 unspecified atom stereocenters. The minimum Gasteiger partial charge on any atom is -0.490 e. The Morgan fingerprint density at radius 3 is 2.61 bits per heavy atom. The van der Waals surface area contributed by atoms with Crippen molar-refractivity contribution in [2.75, 3.05) is 31.6 Å². The minimum atomic E-state index is -0.0712. The van der Waals surface area contributed by atoms with Gasteiger partial charge in [0.1, 0.15) is 5.75 Å². The van der Waals surface area contributed by atoms with E-state index in [1.807, 2.05) is 30.3 Å². The van der Waals surface area contributed by atoms with Gasteiger partial charge in [-0.15, -0.1) is 0 Å². The number of amides is 2. The summed E-state index contributed by atoms with van der Waals surface area (Å²) < 4.78 is 11.4. The van der Waals surface area contributed by atoms with Crippen molar-refractivity contribution in [2.45, 2.75) is 44.6 Å². The van der Waals surface area contributed by atoms with Crippen molar-refractivity contribution in [3.63, 3.8) is 0 Å². The third kappa shape index (κ3) is 6.07. The van der Waals surface area contributed by atoms with E-state index < -0.39 is 0 Å². The Kier molecular flexibility index (Phi) is 7.20. The number of aryl methyl sites for hydroxylation is 1. The normalized spacial score (nSPS) is 16.8. The zero-order valence-electron chi connectivity index (χ0n) is 17.8. The second-order valence-corrected chi connectivity index (χ2v) is 8.21. The lowest BCUT2D eigenvalue weighted by molar-refractivity contribution is -0.116. The molecular weight excluding hydrogens is 392 g/mol. The number of nitrogens with one attached hydrogen (secondary N) is 1. The van der Waals surface area contributed by atoms with Gasteiger partial charge in [-0.1, -0.05) is 18.2 Å². The van der Waals surface area contributed by atoms with E-state index in [0.29, 0.717) is 56.5 Å². The van der Waals surface area contributed by atoms with E-state index in [1.165, 1.54) is 12.8 Å². The van der Waals surface area contributed by atoms with Crippen molar-refractivity contribution in [1.29, 1.82) is 0 Å². The molecule has 0 radical (unpaired) electrons. The molecule has 2 aromatic rings. The van der Waals surface area contributed by atoms with Crippen LogP contribution in [-0.4, -0.2) is 49.1 Å². The number of anilines is 1. The standard InChI is InChI=1S/C25H30N2O4/c28-24(12-11-19-5-3-10-23(17-19)31-22-8-1-2-9-22)26-21-7-4-6-20(18-21)25(29)27-13-15-30-16-14-27/h3-7,10,17-18,22H,1-2,8-9,11-16H2,(H,26,28).